The lowest BCUT2D eigenvalue weighted by Gasteiger charge is -2.00. The van der Waals surface area contributed by atoms with Gasteiger partial charge in [0.2, 0.25) is 0 Å². The van der Waals surface area contributed by atoms with Gasteiger partial charge in [-0.15, -0.1) is 0 Å². The molecule has 0 unspecified atom stereocenters. The highest BCUT2D eigenvalue weighted by molar-refractivity contribution is 9.11. The summed E-state index contributed by atoms with van der Waals surface area (Å²) in [5.41, 5.74) is 0.530. The van der Waals surface area contributed by atoms with Crippen molar-refractivity contribution >= 4 is 43.4 Å². The van der Waals surface area contributed by atoms with Crippen molar-refractivity contribution in [3.05, 3.63) is 44.9 Å². The Morgan fingerprint density at radius 3 is 2.47 bits per heavy atom. The van der Waals surface area contributed by atoms with E-state index in [1.54, 1.807) is 12.1 Å². The normalized spacial score (nSPS) is 10.6. The molecular formula is C11H8Br2O2. The number of carbonyl (C=O) groups is 2. The summed E-state index contributed by atoms with van der Waals surface area (Å²) in [5.74, 6) is -0.340. The van der Waals surface area contributed by atoms with Crippen LogP contribution < -0.4 is 0 Å². The second-order valence-corrected chi connectivity index (χ2v) is 4.70. The van der Waals surface area contributed by atoms with E-state index in [0.29, 0.717) is 10.0 Å². The number of allylic oxidation sites excluding steroid dienone is 2. The van der Waals surface area contributed by atoms with E-state index >= 15 is 0 Å². The van der Waals surface area contributed by atoms with E-state index in [-0.39, 0.29) is 11.6 Å². The zero-order chi connectivity index (χ0) is 11.4. The largest absolute Gasteiger partial charge is 0.295 e. The Labute approximate surface area is 105 Å². The summed E-state index contributed by atoms with van der Waals surface area (Å²) in [5, 5.41) is 0. The van der Waals surface area contributed by atoms with E-state index in [0.717, 1.165) is 4.47 Å². The van der Waals surface area contributed by atoms with Crippen molar-refractivity contribution in [1.82, 2.24) is 0 Å². The van der Waals surface area contributed by atoms with Gasteiger partial charge in [0.1, 0.15) is 0 Å². The molecule has 0 saturated heterocycles. The van der Waals surface area contributed by atoms with Crippen molar-refractivity contribution in [1.29, 1.82) is 0 Å². The molecular weight excluding hydrogens is 324 g/mol. The van der Waals surface area contributed by atoms with Gasteiger partial charge in [-0.1, -0.05) is 31.9 Å². The third-order valence-corrected chi connectivity index (χ3v) is 2.85. The van der Waals surface area contributed by atoms with Gasteiger partial charge >= 0.3 is 0 Å². The molecule has 0 spiro atoms. The topological polar surface area (TPSA) is 34.1 Å². The summed E-state index contributed by atoms with van der Waals surface area (Å²) in [6.45, 7) is 1.40. The lowest BCUT2D eigenvalue weighted by atomic mass is 10.1. The van der Waals surface area contributed by atoms with Crippen molar-refractivity contribution in [2.45, 2.75) is 6.92 Å². The maximum absolute atomic E-state index is 11.6. The first-order valence-corrected chi connectivity index (χ1v) is 5.77. The fraction of sp³-hybridized carbons (Fsp3) is 0.0909. The molecule has 0 amide bonds. The molecule has 0 aliphatic carbocycles. The summed E-state index contributed by atoms with van der Waals surface area (Å²) in [4.78, 5) is 22.3. The molecule has 2 nitrogen and oxygen atoms in total. The van der Waals surface area contributed by atoms with Crippen LogP contribution >= 0.6 is 31.9 Å². The fourth-order valence-electron chi connectivity index (χ4n) is 0.969. The zero-order valence-corrected chi connectivity index (χ0v) is 11.1. The number of benzene rings is 1. The summed E-state index contributed by atoms with van der Waals surface area (Å²) in [6, 6.07) is 5.31. The maximum Gasteiger partial charge on any atom is 0.187 e. The maximum atomic E-state index is 11.6. The van der Waals surface area contributed by atoms with Gasteiger partial charge < -0.3 is 0 Å². The Morgan fingerprint density at radius 2 is 1.87 bits per heavy atom. The Balaban J connectivity index is 3.01. The molecule has 0 bridgehead atoms. The van der Waals surface area contributed by atoms with Crippen molar-refractivity contribution < 1.29 is 9.59 Å². The second kappa shape index (κ2) is 5.37. The van der Waals surface area contributed by atoms with Crippen molar-refractivity contribution in [2.75, 3.05) is 0 Å². The van der Waals surface area contributed by atoms with Gasteiger partial charge in [0.25, 0.3) is 0 Å². The Bertz CT molecular complexity index is 436. The van der Waals surface area contributed by atoms with Crippen molar-refractivity contribution in [3.8, 4) is 0 Å². The predicted molar refractivity (Wildman–Crippen MR) is 66.0 cm³/mol. The summed E-state index contributed by atoms with van der Waals surface area (Å²) in [6.07, 6.45) is 2.53. The fourth-order valence-corrected chi connectivity index (χ4v) is 1.77. The van der Waals surface area contributed by atoms with Crippen LogP contribution in [0.5, 0.6) is 0 Å². The molecule has 0 aliphatic rings. The third-order valence-electron chi connectivity index (χ3n) is 1.66. The predicted octanol–water partition coefficient (Wildman–Crippen LogP) is 3.54. The monoisotopic (exact) mass is 330 g/mol. The first-order valence-electron chi connectivity index (χ1n) is 4.18. The summed E-state index contributed by atoms with van der Waals surface area (Å²) in [7, 11) is 0. The first-order chi connectivity index (χ1) is 7.00. The lowest BCUT2D eigenvalue weighted by Crippen LogP contribution is -1.97. The number of halogens is 2. The van der Waals surface area contributed by atoms with Gasteiger partial charge in [0.15, 0.2) is 11.6 Å². The number of ketones is 2. The molecule has 0 aliphatic heterocycles. The van der Waals surface area contributed by atoms with Crippen molar-refractivity contribution in [3.63, 3.8) is 0 Å². The van der Waals surface area contributed by atoms with E-state index in [1.807, 2.05) is 6.07 Å². The Kier molecular flexibility index (Phi) is 4.42. The van der Waals surface area contributed by atoms with E-state index in [4.69, 9.17) is 0 Å². The van der Waals surface area contributed by atoms with Gasteiger partial charge in [-0.25, -0.2) is 0 Å². The Hall–Kier alpha value is -0.740. The van der Waals surface area contributed by atoms with E-state index in [1.165, 1.54) is 19.1 Å². The third kappa shape index (κ3) is 3.72. The van der Waals surface area contributed by atoms with Crippen LogP contribution in [0.1, 0.15) is 17.3 Å². The molecule has 4 heteroatoms. The van der Waals surface area contributed by atoms with Crippen LogP contribution in [0.3, 0.4) is 0 Å². The number of carbonyl (C=O) groups excluding carboxylic acids is 2. The molecule has 1 aromatic rings. The van der Waals surface area contributed by atoms with Crippen molar-refractivity contribution in [2.24, 2.45) is 0 Å². The summed E-state index contributed by atoms with van der Waals surface area (Å²) >= 11 is 6.56. The standard InChI is InChI=1S/C11H8Br2O2/c1-7(14)2-5-11(15)9-6-8(12)3-4-10(9)13/h2-6H,1H3/b5-2+. The number of hydrogen-bond donors (Lipinski definition) is 0. The van der Waals surface area contributed by atoms with Gasteiger partial charge in [0, 0.05) is 14.5 Å². The van der Waals surface area contributed by atoms with Crippen LogP contribution in [-0.2, 0) is 4.79 Å². The molecule has 0 aromatic heterocycles. The SMILES string of the molecule is CC(=O)/C=C/C(=O)c1cc(Br)ccc1Br. The molecule has 0 N–H and O–H groups in total. The molecule has 15 heavy (non-hydrogen) atoms. The van der Waals surface area contributed by atoms with Gasteiger partial charge in [0.05, 0.1) is 0 Å². The minimum atomic E-state index is -0.196. The minimum absolute atomic E-state index is 0.144. The van der Waals surface area contributed by atoms with E-state index < -0.39 is 0 Å². The Morgan fingerprint density at radius 1 is 1.20 bits per heavy atom. The molecule has 0 saturated carbocycles. The molecule has 1 rings (SSSR count). The van der Waals surface area contributed by atoms with Gasteiger partial charge in [-0.2, -0.15) is 0 Å². The zero-order valence-electron chi connectivity index (χ0n) is 7.96. The van der Waals surface area contributed by atoms with Crippen LogP contribution in [0.4, 0.5) is 0 Å². The number of hydrogen-bond acceptors (Lipinski definition) is 2. The highest BCUT2D eigenvalue weighted by atomic mass is 79.9. The highest BCUT2D eigenvalue weighted by Crippen LogP contribution is 2.22. The van der Waals surface area contributed by atoms with Gasteiger partial charge in [-0.3, -0.25) is 9.59 Å². The van der Waals surface area contributed by atoms with Crippen LogP contribution in [0.25, 0.3) is 0 Å². The number of rotatable bonds is 3. The highest BCUT2D eigenvalue weighted by Gasteiger charge is 2.07. The molecule has 0 radical (unpaired) electrons. The van der Waals surface area contributed by atoms with Crippen LogP contribution in [0, 0.1) is 0 Å². The van der Waals surface area contributed by atoms with Crippen LogP contribution in [0.2, 0.25) is 0 Å². The van der Waals surface area contributed by atoms with E-state index in [2.05, 4.69) is 31.9 Å². The first kappa shape index (κ1) is 12.3. The van der Waals surface area contributed by atoms with E-state index in [9.17, 15) is 9.59 Å². The molecule has 1 aromatic carbocycles. The minimum Gasteiger partial charge on any atom is -0.295 e. The smallest absolute Gasteiger partial charge is 0.187 e. The van der Waals surface area contributed by atoms with Gasteiger partial charge in [-0.05, 0) is 37.3 Å². The molecule has 0 fully saturated rings. The quantitative estimate of drug-likeness (QED) is 0.627. The van der Waals surface area contributed by atoms with Crippen LogP contribution in [0.15, 0.2) is 39.3 Å². The lowest BCUT2D eigenvalue weighted by molar-refractivity contribution is -0.112. The molecule has 78 valence electrons. The molecule has 0 atom stereocenters. The summed E-state index contributed by atoms with van der Waals surface area (Å²) < 4.78 is 1.54. The van der Waals surface area contributed by atoms with Crippen LogP contribution in [-0.4, -0.2) is 11.6 Å². The second-order valence-electron chi connectivity index (χ2n) is 2.93. The molecule has 0 heterocycles. The average molecular weight is 332 g/mol. The average Bonchev–Trinajstić information content (AvgIpc) is 2.18.